The van der Waals surface area contributed by atoms with Gasteiger partial charge in [0.15, 0.2) is 19.7 Å². The van der Waals surface area contributed by atoms with Crippen molar-refractivity contribution in [3.8, 4) is 0 Å². The molecule has 4 aliphatic carbocycles. The summed E-state index contributed by atoms with van der Waals surface area (Å²) in [5.41, 5.74) is 4.44. The van der Waals surface area contributed by atoms with Crippen molar-refractivity contribution in [2.45, 2.75) is 39.6 Å². The normalized spacial score (nSPS) is 31.3. The topological polar surface area (TPSA) is 68.3 Å². The Kier molecular flexibility index (Phi) is 5.18. The van der Waals surface area contributed by atoms with Crippen LogP contribution in [0, 0.1) is 23.7 Å². The highest BCUT2D eigenvalue weighted by Gasteiger charge is 2.67. The fraction of sp³-hybridized carbons (Fsp3) is 0.290. The SMILES string of the molecule is O=S(=O)(c1ccccc1)[C@@H]1[C@H]2C(=Cc3ccccc3)[C@@H](C3=C2[C@H]2CC[C@H]3C2)[C@@H]1S(=O)(=O)c1ccccc1. The number of hydrogen-bond donors (Lipinski definition) is 0. The van der Waals surface area contributed by atoms with E-state index in [1.54, 1.807) is 60.7 Å². The van der Waals surface area contributed by atoms with E-state index in [4.69, 9.17) is 0 Å². The van der Waals surface area contributed by atoms with E-state index in [0.29, 0.717) is 11.8 Å². The summed E-state index contributed by atoms with van der Waals surface area (Å²) in [5.74, 6) is -0.0700. The maximum Gasteiger partial charge on any atom is 0.183 e. The van der Waals surface area contributed by atoms with Gasteiger partial charge in [0, 0.05) is 11.8 Å². The third-order valence-corrected chi connectivity index (χ3v) is 13.6. The fourth-order valence-electron chi connectivity index (χ4n) is 7.72. The van der Waals surface area contributed by atoms with Crippen LogP contribution < -0.4 is 0 Å². The van der Waals surface area contributed by atoms with Crippen molar-refractivity contribution >= 4 is 25.8 Å². The van der Waals surface area contributed by atoms with Crippen LogP contribution in [0.2, 0.25) is 0 Å². The highest BCUT2D eigenvalue weighted by atomic mass is 32.2. The summed E-state index contributed by atoms with van der Waals surface area (Å²) in [5, 5.41) is -2.09. The first-order valence-electron chi connectivity index (χ1n) is 13.0. The molecule has 0 radical (unpaired) electrons. The maximum absolute atomic E-state index is 14.4. The second-order valence-electron chi connectivity index (χ2n) is 10.8. The second-order valence-corrected chi connectivity index (χ2v) is 15.0. The summed E-state index contributed by atoms with van der Waals surface area (Å²) in [7, 11) is -7.89. The van der Waals surface area contributed by atoms with Crippen molar-refractivity contribution in [2.75, 3.05) is 0 Å². The van der Waals surface area contributed by atoms with Crippen LogP contribution >= 0.6 is 0 Å². The van der Waals surface area contributed by atoms with E-state index in [1.807, 2.05) is 30.3 Å². The Morgan fingerprint density at radius 1 is 0.568 bits per heavy atom. The fourth-order valence-corrected chi connectivity index (χ4v) is 12.6. The van der Waals surface area contributed by atoms with Crippen LogP contribution in [0.15, 0.2) is 118 Å². The number of allylic oxidation sites excluding steroid dienone is 3. The van der Waals surface area contributed by atoms with Gasteiger partial charge in [0.05, 0.1) is 20.3 Å². The van der Waals surface area contributed by atoms with Crippen LogP contribution in [0.3, 0.4) is 0 Å². The third-order valence-electron chi connectivity index (χ3n) is 9.01. The molecular weight excluding hydrogens is 500 g/mol. The first kappa shape index (κ1) is 23.2. The molecule has 4 aliphatic rings. The lowest BCUT2D eigenvalue weighted by Gasteiger charge is -2.35. The van der Waals surface area contributed by atoms with Crippen molar-refractivity contribution in [1.82, 2.24) is 0 Å². The molecule has 0 N–H and O–H groups in total. The predicted octanol–water partition coefficient (Wildman–Crippen LogP) is 5.74. The van der Waals surface area contributed by atoms with Gasteiger partial charge in [-0.05, 0) is 60.9 Å². The maximum atomic E-state index is 14.4. The molecule has 0 heterocycles. The van der Waals surface area contributed by atoms with Gasteiger partial charge in [-0.3, -0.25) is 0 Å². The summed E-state index contributed by atoms with van der Waals surface area (Å²) in [6.45, 7) is 0. The highest BCUT2D eigenvalue weighted by molar-refractivity contribution is 7.96. The molecule has 3 aromatic carbocycles. The molecule has 188 valence electrons. The van der Waals surface area contributed by atoms with Gasteiger partial charge in [-0.25, -0.2) is 16.8 Å². The molecule has 0 saturated heterocycles. The van der Waals surface area contributed by atoms with Crippen LogP contribution in [-0.2, 0) is 19.7 Å². The van der Waals surface area contributed by atoms with Crippen LogP contribution in [0.4, 0.5) is 0 Å². The standard InChI is InChI=1S/C31H28O4S2/c32-36(33,23-12-6-2-7-13-23)30-28-25(18-20-10-4-1-5-11-20)29(27-22-17-16-21(19-22)26(27)28)31(30)37(34,35)24-14-8-3-9-15-24/h1-15,18,21-22,28-31H,16-17,19H2/t21-,22-,28-,29-,30-,31+/m0/s1. The minimum absolute atomic E-state index is 0.199. The first-order valence-corrected chi connectivity index (χ1v) is 16.1. The smallest absolute Gasteiger partial charge is 0.183 e. The van der Waals surface area contributed by atoms with Crippen LogP contribution in [0.25, 0.3) is 6.08 Å². The number of benzene rings is 3. The molecule has 3 aromatic rings. The molecule has 0 unspecified atom stereocenters. The second kappa shape index (κ2) is 8.27. The molecular formula is C31H28O4S2. The van der Waals surface area contributed by atoms with Gasteiger partial charge in [0.2, 0.25) is 0 Å². The molecule has 7 rings (SSSR count). The van der Waals surface area contributed by atoms with Crippen molar-refractivity contribution in [3.05, 3.63) is 113 Å². The van der Waals surface area contributed by atoms with E-state index in [9.17, 15) is 16.8 Å². The van der Waals surface area contributed by atoms with E-state index in [2.05, 4.69) is 6.08 Å². The Balaban J connectivity index is 1.50. The van der Waals surface area contributed by atoms with Gasteiger partial charge >= 0.3 is 0 Å². The van der Waals surface area contributed by atoms with Crippen molar-refractivity contribution in [2.24, 2.45) is 23.7 Å². The van der Waals surface area contributed by atoms with Crippen LogP contribution in [0.1, 0.15) is 24.8 Å². The van der Waals surface area contributed by atoms with Gasteiger partial charge in [0.25, 0.3) is 0 Å². The minimum atomic E-state index is -3.94. The molecule has 6 heteroatoms. The molecule has 0 spiro atoms. The number of rotatable bonds is 5. The summed E-state index contributed by atoms with van der Waals surface area (Å²) in [4.78, 5) is 0.398. The van der Waals surface area contributed by atoms with E-state index in [-0.39, 0.29) is 9.79 Å². The quantitative estimate of drug-likeness (QED) is 0.313. The lowest BCUT2D eigenvalue weighted by Crippen LogP contribution is -2.45. The predicted molar refractivity (Wildman–Crippen MR) is 144 cm³/mol. The molecule has 0 amide bonds. The van der Waals surface area contributed by atoms with Gasteiger partial charge in [-0.15, -0.1) is 0 Å². The molecule has 4 nitrogen and oxygen atoms in total. The van der Waals surface area contributed by atoms with Crippen LogP contribution in [0.5, 0.6) is 0 Å². The first-order chi connectivity index (χ1) is 17.9. The Morgan fingerprint density at radius 2 is 0.973 bits per heavy atom. The minimum Gasteiger partial charge on any atom is -0.223 e. The average molecular weight is 529 g/mol. The van der Waals surface area contributed by atoms with Gasteiger partial charge in [-0.2, -0.15) is 0 Å². The number of hydrogen-bond acceptors (Lipinski definition) is 4. The molecule has 2 fully saturated rings. The van der Waals surface area contributed by atoms with Crippen LogP contribution in [-0.4, -0.2) is 27.3 Å². The zero-order valence-corrected chi connectivity index (χ0v) is 21.9. The number of fused-ring (bicyclic) bond motifs is 8. The van der Waals surface area contributed by atoms with E-state index in [1.165, 1.54) is 11.1 Å². The molecule has 37 heavy (non-hydrogen) atoms. The monoisotopic (exact) mass is 528 g/mol. The molecule has 4 bridgehead atoms. The lowest BCUT2D eigenvalue weighted by atomic mass is 9.82. The highest BCUT2D eigenvalue weighted by Crippen LogP contribution is 2.68. The molecule has 0 aliphatic heterocycles. The third kappa shape index (κ3) is 3.31. The van der Waals surface area contributed by atoms with Crippen molar-refractivity contribution < 1.29 is 16.8 Å². The number of sulfone groups is 2. The summed E-state index contributed by atoms with van der Waals surface area (Å²) < 4.78 is 57.6. The van der Waals surface area contributed by atoms with E-state index in [0.717, 1.165) is 30.4 Å². The van der Waals surface area contributed by atoms with Crippen molar-refractivity contribution in [3.63, 3.8) is 0 Å². The largest absolute Gasteiger partial charge is 0.223 e. The zero-order chi connectivity index (χ0) is 25.4. The molecule has 0 aromatic heterocycles. The Bertz CT molecular complexity index is 1540. The zero-order valence-electron chi connectivity index (χ0n) is 20.3. The molecule has 2 saturated carbocycles. The molecule has 6 atom stereocenters. The van der Waals surface area contributed by atoms with Gasteiger partial charge < -0.3 is 0 Å². The lowest BCUT2D eigenvalue weighted by molar-refractivity contribution is 0.494. The Labute approximate surface area is 218 Å². The average Bonchev–Trinajstić information content (AvgIpc) is 3.69. The summed E-state index contributed by atoms with van der Waals surface area (Å²) in [6, 6.07) is 26.7. The van der Waals surface area contributed by atoms with Gasteiger partial charge in [-0.1, -0.05) is 89.5 Å². The Morgan fingerprint density at radius 3 is 1.41 bits per heavy atom. The summed E-state index contributed by atoms with van der Waals surface area (Å²) >= 11 is 0. The van der Waals surface area contributed by atoms with Crippen molar-refractivity contribution in [1.29, 1.82) is 0 Å². The van der Waals surface area contributed by atoms with E-state index >= 15 is 0 Å². The summed E-state index contributed by atoms with van der Waals surface area (Å²) in [6.07, 6.45) is 5.26. The Hall–Kier alpha value is -2.96. The van der Waals surface area contributed by atoms with E-state index < -0.39 is 42.0 Å². The van der Waals surface area contributed by atoms with Gasteiger partial charge in [0.1, 0.15) is 0 Å².